The van der Waals surface area contributed by atoms with E-state index in [9.17, 15) is 4.79 Å². The first-order valence-electron chi connectivity index (χ1n) is 11.3. The average molecular weight is 506 g/mol. The van der Waals surface area contributed by atoms with Gasteiger partial charge in [-0.2, -0.15) is 0 Å². The van der Waals surface area contributed by atoms with Crippen molar-refractivity contribution >= 4 is 38.7 Å². The fourth-order valence-electron chi connectivity index (χ4n) is 3.61. The Bertz CT molecular complexity index is 1350. The molecule has 0 aliphatic carbocycles. The first-order chi connectivity index (χ1) is 17.6. The Morgan fingerprint density at radius 2 is 1.81 bits per heavy atom. The van der Waals surface area contributed by atoms with Gasteiger partial charge in [0.2, 0.25) is 5.75 Å². The summed E-state index contributed by atoms with van der Waals surface area (Å²) in [5.41, 5.74) is 2.27. The first kappa shape index (κ1) is 25.0. The van der Waals surface area contributed by atoms with E-state index in [1.165, 1.54) is 17.4 Å². The first-order valence-corrected chi connectivity index (χ1v) is 12.1. The van der Waals surface area contributed by atoms with Crippen LogP contribution < -0.4 is 23.8 Å². The zero-order valence-electron chi connectivity index (χ0n) is 20.6. The Morgan fingerprint density at radius 1 is 1.03 bits per heavy atom. The summed E-state index contributed by atoms with van der Waals surface area (Å²) < 4.78 is 22.8. The zero-order valence-corrected chi connectivity index (χ0v) is 21.4. The highest BCUT2D eigenvalue weighted by Crippen LogP contribution is 2.38. The smallest absolute Gasteiger partial charge is 0.253 e. The molecule has 0 radical (unpaired) electrons. The number of rotatable bonds is 10. The van der Waals surface area contributed by atoms with Crippen LogP contribution in [0.1, 0.15) is 18.2 Å². The summed E-state index contributed by atoms with van der Waals surface area (Å²) in [5.74, 6) is 2.03. The maximum Gasteiger partial charge on any atom is 0.253 e. The molecule has 0 aliphatic rings. The van der Waals surface area contributed by atoms with Crippen LogP contribution in [0.2, 0.25) is 0 Å². The molecule has 0 bridgehead atoms. The number of nitrogens with zero attached hydrogens (tertiary/aromatic N) is 3. The molecule has 4 aromatic rings. The van der Waals surface area contributed by atoms with Gasteiger partial charge in [0.25, 0.3) is 5.91 Å². The zero-order chi connectivity index (χ0) is 25.5. The molecule has 0 unspecified atom stereocenters. The van der Waals surface area contributed by atoms with Gasteiger partial charge in [0.15, 0.2) is 16.6 Å². The molecular formula is C27H27N3O5S. The van der Waals surface area contributed by atoms with E-state index in [4.69, 9.17) is 23.9 Å². The number of carbonyl (C=O) groups excluding carboxylic acids is 1. The second-order valence-electron chi connectivity index (χ2n) is 7.60. The monoisotopic (exact) mass is 505 g/mol. The maximum absolute atomic E-state index is 13.5. The van der Waals surface area contributed by atoms with Gasteiger partial charge >= 0.3 is 0 Å². The minimum Gasteiger partial charge on any atom is -0.494 e. The van der Waals surface area contributed by atoms with Crippen molar-refractivity contribution in [3.05, 3.63) is 72.1 Å². The Labute approximate surface area is 213 Å². The highest BCUT2D eigenvalue weighted by atomic mass is 32.1. The van der Waals surface area contributed by atoms with Crippen LogP contribution in [-0.4, -0.2) is 43.8 Å². The molecule has 0 aliphatic heterocycles. The number of ether oxygens (including phenoxy) is 4. The average Bonchev–Trinajstić information content (AvgIpc) is 3.33. The summed E-state index contributed by atoms with van der Waals surface area (Å²) in [6.07, 6.45) is 4.91. The molecule has 8 nitrogen and oxygen atoms in total. The largest absolute Gasteiger partial charge is 0.494 e. The number of anilines is 1. The van der Waals surface area contributed by atoms with E-state index in [2.05, 4.69) is 4.98 Å². The van der Waals surface area contributed by atoms with Crippen molar-refractivity contribution < 1.29 is 23.7 Å². The van der Waals surface area contributed by atoms with Crippen LogP contribution in [0, 0.1) is 0 Å². The number of carbonyl (C=O) groups is 1. The normalized spacial score (nSPS) is 11.0. The second kappa shape index (κ2) is 11.5. The van der Waals surface area contributed by atoms with E-state index in [0.717, 1.165) is 27.2 Å². The molecule has 1 amide bonds. The number of amides is 1. The minimum atomic E-state index is -0.238. The molecular weight excluding hydrogens is 478 g/mol. The number of methoxy groups -OCH3 is 3. The van der Waals surface area contributed by atoms with Gasteiger partial charge in [0, 0.05) is 12.3 Å². The van der Waals surface area contributed by atoms with Crippen LogP contribution in [0.4, 0.5) is 5.13 Å². The van der Waals surface area contributed by atoms with E-state index in [1.807, 2.05) is 43.3 Å². The number of benzene rings is 2. The third-order valence-electron chi connectivity index (χ3n) is 5.31. The summed E-state index contributed by atoms with van der Waals surface area (Å²) in [6.45, 7) is 2.79. The Kier molecular flexibility index (Phi) is 8.02. The van der Waals surface area contributed by atoms with Crippen molar-refractivity contribution in [3.63, 3.8) is 0 Å². The van der Waals surface area contributed by atoms with Crippen molar-refractivity contribution in [2.24, 2.45) is 0 Å². The summed E-state index contributed by atoms with van der Waals surface area (Å²) in [6, 6.07) is 14.9. The van der Waals surface area contributed by atoms with Gasteiger partial charge in [-0.05, 0) is 61.0 Å². The molecule has 9 heteroatoms. The second-order valence-corrected chi connectivity index (χ2v) is 8.61. The van der Waals surface area contributed by atoms with Gasteiger partial charge in [0.1, 0.15) is 5.75 Å². The quantitative estimate of drug-likeness (QED) is 0.268. The van der Waals surface area contributed by atoms with Crippen molar-refractivity contribution in [1.29, 1.82) is 0 Å². The highest BCUT2D eigenvalue weighted by Gasteiger charge is 2.20. The van der Waals surface area contributed by atoms with E-state index in [1.54, 1.807) is 50.6 Å². The van der Waals surface area contributed by atoms with E-state index in [-0.39, 0.29) is 12.5 Å². The molecule has 0 N–H and O–H groups in total. The lowest BCUT2D eigenvalue weighted by Gasteiger charge is -2.18. The lowest BCUT2D eigenvalue weighted by atomic mass is 10.1. The minimum absolute atomic E-state index is 0.238. The summed E-state index contributed by atoms with van der Waals surface area (Å²) in [4.78, 5) is 24.2. The predicted molar refractivity (Wildman–Crippen MR) is 141 cm³/mol. The molecule has 2 aromatic carbocycles. The number of pyridine rings is 1. The van der Waals surface area contributed by atoms with Gasteiger partial charge in [-0.3, -0.25) is 14.7 Å². The standard InChI is InChI=1S/C27H27N3O5S/c1-5-35-20-10-11-21-24(16-20)36-27(29-21)30(17-19-8-6-7-13-28-19)25(31)12-9-18-14-22(32-2)26(34-4)23(15-18)33-3/h6-16H,5,17H2,1-4H3/b12-9+. The molecule has 0 atom stereocenters. The molecule has 0 saturated heterocycles. The number of aromatic nitrogens is 2. The molecule has 36 heavy (non-hydrogen) atoms. The molecule has 0 saturated carbocycles. The van der Waals surface area contributed by atoms with Crippen molar-refractivity contribution in [1.82, 2.24) is 9.97 Å². The Morgan fingerprint density at radius 3 is 2.44 bits per heavy atom. The van der Waals surface area contributed by atoms with Gasteiger partial charge < -0.3 is 18.9 Å². The van der Waals surface area contributed by atoms with Gasteiger partial charge in [-0.25, -0.2) is 4.98 Å². The van der Waals surface area contributed by atoms with Crippen LogP contribution in [0.3, 0.4) is 0 Å². The van der Waals surface area contributed by atoms with E-state index < -0.39 is 0 Å². The number of fused-ring (bicyclic) bond motifs is 1. The molecule has 0 spiro atoms. The van der Waals surface area contributed by atoms with Gasteiger partial charge in [-0.1, -0.05) is 17.4 Å². The molecule has 2 heterocycles. The third-order valence-corrected chi connectivity index (χ3v) is 6.35. The maximum atomic E-state index is 13.5. The number of hydrogen-bond acceptors (Lipinski definition) is 8. The molecule has 4 rings (SSSR count). The fraction of sp³-hybridized carbons (Fsp3) is 0.222. The van der Waals surface area contributed by atoms with Crippen molar-refractivity contribution in [2.75, 3.05) is 32.8 Å². The van der Waals surface area contributed by atoms with Crippen molar-refractivity contribution in [2.45, 2.75) is 13.5 Å². The SMILES string of the molecule is CCOc1ccc2nc(N(Cc3ccccn3)C(=O)/C=C/c3cc(OC)c(OC)c(OC)c3)sc2c1. The van der Waals surface area contributed by atoms with Crippen LogP contribution in [0.25, 0.3) is 16.3 Å². The predicted octanol–water partition coefficient (Wildman–Crippen LogP) is 5.36. The highest BCUT2D eigenvalue weighted by molar-refractivity contribution is 7.22. The van der Waals surface area contributed by atoms with Crippen LogP contribution in [0.15, 0.2) is 60.8 Å². The Balaban J connectivity index is 1.68. The van der Waals surface area contributed by atoms with Gasteiger partial charge in [-0.15, -0.1) is 0 Å². The van der Waals surface area contributed by atoms with E-state index in [0.29, 0.717) is 29.0 Å². The number of thiazole rings is 1. The summed E-state index contributed by atoms with van der Waals surface area (Å²) in [5, 5.41) is 0.573. The lowest BCUT2D eigenvalue weighted by Crippen LogP contribution is -2.29. The molecule has 2 aromatic heterocycles. The van der Waals surface area contributed by atoms with E-state index >= 15 is 0 Å². The topological polar surface area (TPSA) is 83.0 Å². The lowest BCUT2D eigenvalue weighted by molar-refractivity contribution is -0.114. The van der Waals surface area contributed by atoms with Crippen LogP contribution in [-0.2, 0) is 11.3 Å². The third kappa shape index (κ3) is 5.58. The molecule has 0 fully saturated rings. The number of hydrogen-bond donors (Lipinski definition) is 0. The fourth-order valence-corrected chi connectivity index (χ4v) is 4.61. The summed E-state index contributed by atoms with van der Waals surface area (Å²) in [7, 11) is 4.65. The van der Waals surface area contributed by atoms with Crippen molar-refractivity contribution in [3.8, 4) is 23.0 Å². The Hall–Kier alpha value is -4.11. The molecule has 186 valence electrons. The summed E-state index contributed by atoms with van der Waals surface area (Å²) >= 11 is 1.43. The van der Waals surface area contributed by atoms with Crippen LogP contribution >= 0.6 is 11.3 Å². The van der Waals surface area contributed by atoms with Gasteiger partial charge in [0.05, 0.1) is 50.4 Å². The van der Waals surface area contributed by atoms with Crippen LogP contribution in [0.5, 0.6) is 23.0 Å².